The number of unbranched alkanes of at least 4 members (excludes halogenated alkanes) is 3. The molecule has 0 amide bonds. The van der Waals surface area contributed by atoms with Crippen LogP contribution in [0.4, 0.5) is 5.69 Å². The van der Waals surface area contributed by atoms with Gasteiger partial charge in [0, 0.05) is 17.8 Å². The minimum atomic E-state index is 0.778. The van der Waals surface area contributed by atoms with Crippen LogP contribution in [0.2, 0.25) is 0 Å². The van der Waals surface area contributed by atoms with Gasteiger partial charge in [0.05, 0.1) is 11.9 Å². The second-order valence-electron chi connectivity index (χ2n) is 4.53. The summed E-state index contributed by atoms with van der Waals surface area (Å²) in [6.07, 6.45) is 6.75. The summed E-state index contributed by atoms with van der Waals surface area (Å²) in [7, 11) is 0. The first kappa shape index (κ1) is 12.6. The van der Waals surface area contributed by atoms with Crippen molar-refractivity contribution in [3.05, 3.63) is 30.5 Å². The van der Waals surface area contributed by atoms with Crippen molar-refractivity contribution in [1.82, 2.24) is 15.0 Å². The number of aryl methyl sites for hydroxylation is 1. The first-order valence-electron chi connectivity index (χ1n) is 6.55. The Kier molecular flexibility index (Phi) is 4.34. The molecule has 4 heteroatoms. The lowest BCUT2D eigenvalue weighted by atomic mass is 10.1. The molecule has 2 aromatic rings. The van der Waals surface area contributed by atoms with Gasteiger partial charge in [0.1, 0.15) is 0 Å². The first-order chi connectivity index (χ1) is 8.81. The number of nitrogens with two attached hydrogens (primary N) is 1. The van der Waals surface area contributed by atoms with Crippen molar-refractivity contribution >= 4 is 5.69 Å². The summed E-state index contributed by atoms with van der Waals surface area (Å²) in [5, 5.41) is 8.15. The Morgan fingerprint density at radius 1 is 1.11 bits per heavy atom. The summed E-state index contributed by atoms with van der Waals surface area (Å²) < 4.78 is 1.97. The van der Waals surface area contributed by atoms with Gasteiger partial charge in [0.2, 0.25) is 0 Å². The molecule has 0 spiro atoms. The Labute approximate surface area is 108 Å². The Bertz CT molecular complexity index is 473. The molecule has 0 bridgehead atoms. The molecular formula is C14H20N4. The van der Waals surface area contributed by atoms with Crippen LogP contribution in [-0.2, 0) is 6.54 Å². The summed E-state index contributed by atoms with van der Waals surface area (Å²) in [6.45, 7) is 3.15. The minimum Gasteiger partial charge on any atom is -0.399 e. The van der Waals surface area contributed by atoms with Crippen LogP contribution < -0.4 is 5.73 Å². The number of benzene rings is 1. The molecule has 4 nitrogen and oxygen atoms in total. The molecule has 0 aliphatic rings. The van der Waals surface area contributed by atoms with Gasteiger partial charge in [-0.15, -0.1) is 5.10 Å². The number of hydrogen-bond donors (Lipinski definition) is 1. The third-order valence-electron chi connectivity index (χ3n) is 3.05. The maximum absolute atomic E-state index is 5.69. The SMILES string of the molecule is CCCCCCn1nncc1-c1ccc(N)cc1. The topological polar surface area (TPSA) is 56.7 Å². The number of nitrogen functional groups attached to an aromatic ring is 1. The lowest BCUT2D eigenvalue weighted by molar-refractivity contribution is 0.531. The van der Waals surface area contributed by atoms with Crippen LogP contribution >= 0.6 is 0 Å². The highest BCUT2D eigenvalue weighted by Gasteiger charge is 2.05. The van der Waals surface area contributed by atoms with Gasteiger partial charge < -0.3 is 5.73 Å². The van der Waals surface area contributed by atoms with Crippen LogP contribution in [-0.4, -0.2) is 15.0 Å². The molecule has 0 aliphatic carbocycles. The van der Waals surface area contributed by atoms with E-state index in [9.17, 15) is 0 Å². The number of hydrogen-bond acceptors (Lipinski definition) is 3. The van der Waals surface area contributed by atoms with Crippen molar-refractivity contribution in [3.8, 4) is 11.3 Å². The zero-order chi connectivity index (χ0) is 12.8. The molecule has 2 N–H and O–H groups in total. The second kappa shape index (κ2) is 6.19. The van der Waals surface area contributed by atoms with Gasteiger partial charge in [-0.05, 0) is 18.6 Å². The average Bonchev–Trinajstić information content (AvgIpc) is 2.84. The van der Waals surface area contributed by atoms with Gasteiger partial charge in [0.25, 0.3) is 0 Å². The van der Waals surface area contributed by atoms with Crippen LogP contribution in [0.1, 0.15) is 32.6 Å². The molecule has 18 heavy (non-hydrogen) atoms. The number of nitrogens with zero attached hydrogens (tertiary/aromatic N) is 3. The number of rotatable bonds is 6. The predicted molar refractivity (Wildman–Crippen MR) is 74.0 cm³/mol. The number of aromatic nitrogens is 3. The molecule has 0 saturated carbocycles. The quantitative estimate of drug-likeness (QED) is 0.627. The predicted octanol–water partition coefficient (Wildman–Crippen LogP) is 3.11. The largest absolute Gasteiger partial charge is 0.399 e. The molecule has 0 fully saturated rings. The molecule has 0 saturated heterocycles. The zero-order valence-electron chi connectivity index (χ0n) is 10.8. The summed E-state index contributed by atoms with van der Waals surface area (Å²) in [4.78, 5) is 0. The van der Waals surface area contributed by atoms with Crippen molar-refractivity contribution in [2.75, 3.05) is 5.73 Å². The normalized spacial score (nSPS) is 10.7. The third kappa shape index (κ3) is 3.09. The van der Waals surface area contributed by atoms with E-state index in [0.29, 0.717) is 0 Å². The Hall–Kier alpha value is -1.84. The van der Waals surface area contributed by atoms with Gasteiger partial charge in [0.15, 0.2) is 0 Å². The van der Waals surface area contributed by atoms with E-state index in [1.165, 1.54) is 19.3 Å². The van der Waals surface area contributed by atoms with Gasteiger partial charge in [-0.25, -0.2) is 4.68 Å². The van der Waals surface area contributed by atoms with Crippen molar-refractivity contribution in [3.63, 3.8) is 0 Å². The smallest absolute Gasteiger partial charge is 0.0885 e. The maximum Gasteiger partial charge on any atom is 0.0885 e. The summed E-state index contributed by atoms with van der Waals surface area (Å²) >= 11 is 0. The number of anilines is 1. The van der Waals surface area contributed by atoms with Gasteiger partial charge in [-0.3, -0.25) is 0 Å². The Morgan fingerprint density at radius 2 is 1.89 bits per heavy atom. The van der Waals surface area contributed by atoms with E-state index in [-0.39, 0.29) is 0 Å². The van der Waals surface area contributed by atoms with E-state index in [0.717, 1.165) is 29.9 Å². The lowest BCUT2D eigenvalue weighted by Crippen LogP contribution is -2.02. The lowest BCUT2D eigenvalue weighted by Gasteiger charge is -2.06. The Morgan fingerprint density at radius 3 is 2.61 bits per heavy atom. The standard InChI is InChI=1S/C14H20N4/c1-2-3-4-5-10-18-14(11-16-17-18)12-6-8-13(15)9-7-12/h6-9,11H,2-5,10,15H2,1H3. The fraction of sp³-hybridized carbons (Fsp3) is 0.429. The summed E-state index contributed by atoms with van der Waals surface area (Å²) in [6, 6.07) is 7.83. The van der Waals surface area contributed by atoms with Gasteiger partial charge in [-0.2, -0.15) is 0 Å². The molecule has 0 atom stereocenters. The van der Waals surface area contributed by atoms with Crippen LogP contribution in [0.25, 0.3) is 11.3 Å². The van der Waals surface area contributed by atoms with E-state index in [1.807, 2.05) is 35.1 Å². The van der Waals surface area contributed by atoms with Crippen molar-refractivity contribution in [2.45, 2.75) is 39.2 Å². The average molecular weight is 244 g/mol. The molecular weight excluding hydrogens is 224 g/mol. The zero-order valence-corrected chi connectivity index (χ0v) is 10.8. The van der Waals surface area contributed by atoms with Crippen molar-refractivity contribution in [2.24, 2.45) is 0 Å². The highest BCUT2D eigenvalue weighted by atomic mass is 15.4. The minimum absolute atomic E-state index is 0.778. The Balaban J connectivity index is 2.05. The molecule has 0 unspecified atom stereocenters. The van der Waals surface area contributed by atoms with Gasteiger partial charge >= 0.3 is 0 Å². The van der Waals surface area contributed by atoms with Crippen LogP contribution in [0.3, 0.4) is 0 Å². The molecule has 1 heterocycles. The van der Waals surface area contributed by atoms with E-state index in [2.05, 4.69) is 17.2 Å². The van der Waals surface area contributed by atoms with E-state index < -0.39 is 0 Å². The molecule has 0 aliphatic heterocycles. The van der Waals surface area contributed by atoms with E-state index in [4.69, 9.17) is 5.73 Å². The highest BCUT2D eigenvalue weighted by Crippen LogP contribution is 2.19. The maximum atomic E-state index is 5.69. The fourth-order valence-corrected chi connectivity index (χ4v) is 1.99. The monoisotopic (exact) mass is 244 g/mol. The molecule has 1 aromatic carbocycles. The fourth-order valence-electron chi connectivity index (χ4n) is 1.99. The second-order valence-corrected chi connectivity index (χ2v) is 4.53. The van der Waals surface area contributed by atoms with Crippen molar-refractivity contribution in [1.29, 1.82) is 0 Å². The van der Waals surface area contributed by atoms with E-state index in [1.54, 1.807) is 0 Å². The molecule has 96 valence electrons. The van der Waals surface area contributed by atoms with Gasteiger partial charge in [-0.1, -0.05) is 43.5 Å². The van der Waals surface area contributed by atoms with Crippen molar-refractivity contribution < 1.29 is 0 Å². The third-order valence-corrected chi connectivity index (χ3v) is 3.05. The summed E-state index contributed by atoms with van der Waals surface area (Å²) in [5.41, 5.74) is 8.65. The molecule has 2 rings (SSSR count). The summed E-state index contributed by atoms with van der Waals surface area (Å²) in [5.74, 6) is 0. The van der Waals surface area contributed by atoms with Crippen LogP contribution in [0.5, 0.6) is 0 Å². The van der Waals surface area contributed by atoms with E-state index >= 15 is 0 Å². The van der Waals surface area contributed by atoms with Crippen LogP contribution in [0.15, 0.2) is 30.5 Å². The molecule has 0 radical (unpaired) electrons. The van der Waals surface area contributed by atoms with Crippen LogP contribution in [0, 0.1) is 0 Å². The first-order valence-corrected chi connectivity index (χ1v) is 6.55. The highest BCUT2D eigenvalue weighted by molar-refractivity contribution is 5.61. The molecule has 1 aromatic heterocycles.